The minimum atomic E-state index is -0.834. The Bertz CT molecular complexity index is 800. The number of ether oxygens (including phenoxy) is 2. The van der Waals surface area contributed by atoms with E-state index >= 15 is 0 Å². The van der Waals surface area contributed by atoms with E-state index in [0.29, 0.717) is 22.0 Å². The van der Waals surface area contributed by atoms with E-state index in [9.17, 15) is 9.59 Å². The van der Waals surface area contributed by atoms with Crippen molar-refractivity contribution in [2.24, 2.45) is 0 Å². The molecule has 0 aliphatic carbocycles. The molecule has 136 valence electrons. The maximum atomic E-state index is 12.1. The SMILES string of the molecule is O=C1COC(CCOC(=O)c2ccccc2)(c2ccc(Cl)c(Cl)c2)CN1. The van der Waals surface area contributed by atoms with Gasteiger partial charge in [-0.3, -0.25) is 4.79 Å². The first kappa shape index (κ1) is 18.7. The number of carbonyl (C=O) groups is 2. The van der Waals surface area contributed by atoms with Crippen LogP contribution in [0.3, 0.4) is 0 Å². The Hall–Kier alpha value is -2.08. The highest BCUT2D eigenvalue weighted by Crippen LogP contribution is 2.35. The molecule has 1 unspecified atom stereocenters. The van der Waals surface area contributed by atoms with E-state index in [2.05, 4.69) is 5.32 Å². The molecule has 1 heterocycles. The zero-order valence-corrected chi connectivity index (χ0v) is 15.3. The maximum Gasteiger partial charge on any atom is 0.338 e. The van der Waals surface area contributed by atoms with Crippen molar-refractivity contribution in [3.63, 3.8) is 0 Å². The van der Waals surface area contributed by atoms with Crippen LogP contribution in [-0.2, 0) is 19.9 Å². The monoisotopic (exact) mass is 393 g/mol. The third-order valence-corrected chi connectivity index (χ3v) is 4.98. The van der Waals surface area contributed by atoms with E-state index in [-0.39, 0.29) is 25.7 Å². The van der Waals surface area contributed by atoms with Crippen LogP contribution in [0.25, 0.3) is 0 Å². The van der Waals surface area contributed by atoms with Crippen molar-refractivity contribution in [3.05, 3.63) is 69.7 Å². The molecule has 0 spiro atoms. The van der Waals surface area contributed by atoms with Gasteiger partial charge in [0.05, 0.1) is 28.8 Å². The summed E-state index contributed by atoms with van der Waals surface area (Å²) in [5.41, 5.74) is 0.413. The van der Waals surface area contributed by atoms with Crippen molar-refractivity contribution in [1.82, 2.24) is 5.32 Å². The number of carbonyl (C=O) groups excluding carboxylic acids is 2. The number of hydrogen-bond donors (Lipinski definition) is 1. The zero-order valence-electron chi connectivity index (χ0n) is 13.8. The van der Waals surface area contributed by atoms with Crippen molar-refractivity contribution >= 4 is 35.1 Å². The van der Waals surface area contributed by atoms with Gasteiger partial charge in [-0.05, 0) is 29.8 Å². The fourth-order valence-corrected chi connectivity index (χ4v) is 3.08. The largest absolute Gasteiger partial charge is 0.462 e. The summed E-state index contributed by atoms with van der Waals surface area (Å²) in [6.07, 6.45) is 0.365. The third-order valence-electron chi connectivity index (χ3n) is 4.24. The number of nitrogens with one attached hydrogen (secondary N) is 1. The lowest BCUT2D eigenvalue weighted by Gasteiger charge is -2.37. The van der Waals surface area contributed by atoms with Gasteiger partial charge in [0.25, 0.3) is 0 Å². The molecule has 1 atom stereocenters. The number of halogens is 2. The first-order valence-electron chi connectivity index (χ1n) is 8.08. The summed E-state index contributed by atoms with van der Waals surface area (Å²) < 4.78 is 11.2. The van der Waals surface area contributed by atoms with Crippen molar-refractivity contribution < 1.29 is 19.1 Å². The summed E-state index contributed by atoms with van der Waals surface area (Å²) in [6.45, 7) is 0.309. The maximum absolute atomic E-state index is 12.1. The van der Waals surface area contributed by atoms with Gasteiger partial charge in [0, 0.05) is 6.42 Å². The Kier molecular flexibility index (Phi) is 5.81. The number of esters is 1. The highest BCUT2D eigenvalue weighted by atomic mass is 35.5. The Labute approximate surface area is 161 Å². The molecule has 1 aliphatic heterocycles. The topological polar surface area (TPSA) is 64.6 Å². The standard InChI is InChI=1S/C19H17Cl2NO4/c20-15-7-6-14(10-16(15)21)19(12-22-17(23)11-26-19)8-9-25-18(24)13-4-2-1-3-5-13/h1-7,10H,8-9,11-12H2,(H,22,23). The van der Waals surface area contributed by atoms with Gasteiger partial charge >= 0.3 is 5.97 Å². The predicted molar refractivity (Wildman–Crippen MR) is 98.4 cm³/mol. The second kappa shape index (κ2) is 8.08. The Balaban J connectivity index is 1.73. The van der Waals surface area contributed by atoms with E-state index in [1.165, 1.54) is 0 Å². The van der Waals surface area contributed by atoms with Crippen LogP contribution in [0.1, 0.15) is 22.3 Å². The van der Waals surface area contributed by atoms with E-state index in [0.717, 1.165) is 5.56 Å². The van der Waals surface area contributed by atoms with Gasteiger partial charge in [-0.1, -0.05) is 47.5 Å². The number of rotatable bonds is 5. The molecule has 0 saturated carbocycles. The van der Waals surface area contributed by atoms with Crippen LogP contribution >= 0.6 is 23.2 Å². The molecule has 2 aromatic rings. The Morgan fingerprint density at radius 1 is 1.15 bits per heavy atom. The summed E-state index contributed by atoms with van der Waals surface area (Å²) >= 11 is 12.1. The van der Waals surface area contributed by atoms with Crippen molar-refractivity contribution in [2.45, 2.75) is 12.0 Å². The van der Waals surface area contributed by atoms with E-state index in [1.54, 1.807) is 42.5 Å². The molecule has 26 heavy (non-hydrogen) atoms. The Morgan fingerprint density at radius 3 is 2.58 bits per heavy atom. The van der Waals surface area contributed by atoms with Crippen LogP contribution in [0.4, 0.5) is 0 Å². The van der Waals surface area contributed by atoms with Gasteiger partial charge in [0.15, 0.2) is 0 Å². The van der Waals surface area contributed by atoms with E-state index in [4.69, 9.17) is 32.7 Å². The third kappa shape index (κ3) is 4.18. The summed E-state index contributed by atoms with van der Waals surface area (Å²) in [4.78, 5) is 23.6. The minimum absolute atomic E-state index is 0.0765. The van der Waals surface area contributed by atoms with Crippen molar-refractivity contribution in [3.8, 4) is 0 Å². The van der Waals surface area contributed by atoms with E-state index in [1.807, 2.05) is 6.07 Å². The summed E-state index contributed by atoms with van der Waals surface area (Å²) in [5, 5.41) is 3.62. The van der Waals surface area contributed by atoms with Crippen LogP contribution < -0.4 is 5.32 Å². The van der Waals surface area contributed by atoms with Crippen LogP contribution in [0.15, 0.2) is 48.5 Å². The Morgan fingerprint density at radius 2 is 1.92 bits per heavy atom. The van der Waals surface area contributed by atoms with Gasteiger partial charge in [-0.2, -0.15) is 0 Å². The number of morpholine rings is 1. The second-order valence-corrected chi connectivity index (χ2v) is 6.75. The van der Waals surface area contributed by atoms with Gasteiger partial charge in [-0.15, -0.1) is 0 Å². The van der Waals surface area contributed by atoms with Crippen LogP contribution in [0.5, 0.6) is 0 Å². The quantitative estimate of drug-likeness (QED) is 0.788. The lowest BCUT2D eigenvalue weighted by atomic mass is 9.89. The molecular weight excluding hydrogens is 377 g/mol. The predicted octanol–water partition coefficient (Wildman–Crippen LogP) is 3.58. The summed E-state index contributed by atoms with van der Waals surface area (Å²) in [6, 6.07) is 13.9. The molecule has 0 radical (unpaired) electrons. The molecule has 3 rings (SSSR count). The van der Waals surface area contributed by atoms with Crippen LogP contribution in [0.2, 0.25) is 10.0 Å². The molecule has 1 saturated heterocycles. The number of hydrogen-bond acceptors (Lipinski definition) is 4. The first-order chi connectivity index (χ1) is 12.5. The highest BCUT2D eigenvalue weighted by molar-refractivity contribution is 6.42. The average Bonchev–Trinajstić information content (AvgIpc) is 2.66. The first-order valence-corrected chi connectivity index (χ1v) is 8.84. The molecule has 7 heteroatoms. The molecule has 0 aromatic heterocycles. The molecule has 1 aliphatic rings. The lowest BCUT2D eigenvalue weighted by Crippen LogP contribution is -2.51. The number of amides is 1. The smallest absolute Gasteiger partial charge is 0.338 e. The lowest BCUT2D eigenvalue weighted by molar-refractivity contribution is -0.147. The van der Waals surface area contributed by atoms with Gasteiger partial charge in [-0.25, -0.2) is 4.79 Å². The highest BCUT2D eigenvalue weighted by Gasteiger charge is 2.38. The molecule has 5 nitrogen and oxygen atoms in total. The fraction of sp³-hybridized carbons (Fsp3) is 0.263. The van der Waals surface area contributed by atoms with Crippen LogP contribution in [-0.4, -0.2) is 31.6 Å². The zero-order chi connectivity index (χ0) is 18.6. The summed E-state index contributed by atoms with van der Waals surface area (Å²) in [5.74, 6) is -0.600. The van der Waals surface area contributed by atoms with Crippen molar-refractivity contribution in [1.29, 1.82) is 0 Å². The molecule has 1 fully saturated rings. The van der Waals surface area contributed by atoms with Crippen LogP contribution in [0, 0.1) is 0 Å². The minimum Gasteiger partial charge on any atom is -0.462 e. The van der Waals surface area contributed by atoms with Gasteiger partial charge < -0.3 is 14.8 Å². The molecule has 1 N–H and O–H groups in total. The molecule has 0 bridgehead atoms. The number of benzene rings is 2. The molecular formula is C19H17Cl2NO4. The van der Waals surface area contributed by atoms with E-state index < -0.39 is 11.6 Å². The average molecular weight is 394 g/mol. The van der Waals surface area contributed by atoms with Crippen molar-refractivity contribution in [2.75, 3.05) is 19.8 Å². The normalized spacial score (nSPS) is 19.7. The molecule has 1 amide bonds. The summed E-state index contributed by atoms with van der Waals surface area (Å²) in [7, 11) is 0. The molecule has 2 aromatic carbocycles. The second-order valence-electron chi connectivity index (χ2n) is 5.94. The fourth-order valence-electron chi connectivity index (χ4n) is 2.78. The van der Waals surface area contributed by atoms with Gasteiger partial charge in [0.2, 0.25) is 5.91 Å². The van der Waals surface area contributed by atoms with Gasteiger partial charge in [0.1, 0.15) is 12.2 Å².